The maximum atomic E-state index is 9.14. The molecule has 3 nitrogen and oxygen atoms in total. The van der Waals surface area contributed by atoms with Crippen molar-refractivity contribution in [3.8, 4) is 17.3 Å². The largest absolute Gasteiger partial charge is 0.367 e. The molecule has 20 heavy (non-hydrogen) atoms. The van der Waals surface area contributed by atoms with Gasteiger partial charge < -0.3 is 5.32 Å². The molecule has 0 saturated heterocycles. The molecule has 2 aromatic rings. The molecule has 0 bridgehead atoms. The Bertz CT molecular complexity index is 666. The van der Waals surface area contributed by atoms with Crippen molar-refractivity contribution in [1.29, 1.82) is 5.26 Å². The maximum absolute atomic E-state index is 9.14. The number of nitrogens with zero attached hydrogens (tertiary/aromatic N) is 2. The zero-order valence-corrected chi connectivity index (χ0v) is 12.4. The van der Waals surface area contributed by atoms with E-state index in [1.165, 1.54) is 11.1 Å². The van der Waals surface area contributed by atoms with Crippen LogP contribution >= 0.6 is 0 Å². The SMILES string of the molecule is Cc1ccc(-c2ccc(C#N)c(NC(C)C)n2)cc1C. The molecule has 2 rings (SSSR count). The van der Waals surface area contributed by atoms with Crippen LogP contribution in [0.2, 0.25) is 0 Å². The molecule has 0 aliphatic rings. The number of hydrogen-bond acceptors (Lipinski definition) is 3. The van der Waals surface area contributed by atoms with Gasteiger partial charge in [-0.25, -0.2) is 4.98 Å². The van der Waals surface area contributed by atoms with Crippen molar-refractivity contribution < 1.29 is 0 Å². The summed E-state index contributed by atoms with van der Waals surface area (Å²) in [6, 6.07) is 12.4. The fraction of sp³-hybridized carbons (Fsp3) is 0.294. The highest BCUT2D eigenvalue weighted by atomic mass is 15.0. The third kappa shape index (κ3) is 2.97. The van der Waals surface area contributed by atoms with Crippen LogP contribution in [0.4, 0.5) is 5.82 Å². The minimum Gasteiger partial charge on any atom is -0.367 e. The molecule has 0 atom stereocenters. The molecule has 0 spiro atoms. The van der Waals surface area contributed by atoms with Crippen LogP contribution in [0.3, 0.4) is 0 Å². The smallest absolute Gasteiger partial charge is 0.144 e. The van der Waals surface area contributed by atoms with E-state index in [1.54, 1.807) is 0 Å². The highest BCUT2D eigenvalue weighted by Gasteiger charge is 2.08. The normalized spacial score (nSPS) is 10.4. The fourth-order valence-corrected chi connectivity index (χ4v) is 1.99. The minimum absolute atomic E-state index is 0.240. The summed E-state index contributed by atoms with van der Waals surface area (Å²) in [5.41, 5.74) is 5.04. The summed E-state index contributed by atoms with van der Waals surface area (Å²) in [6.07, 6.45) is 0. The first-order valence-electron chi connectivity index (χ1n) is 6.76. The van der Waals surface area contributed by atoms with Gasteiger partial charge in [-0.1, -0.05) is 12.1 Å². The Morgan fingerprint density at radius 1 is 1.10 bits per heavy atom. The Hall–Kier alpha value is -2.34. The lowest BCUT2D eigenvalue weighted by atomic mass is 10.0. The van der Waals surface area contributed by atoms with Gasteiger partial charge in [0, 0.05) is 11.6 Å². The summed E-state index contributed by atoms with van der Waals surface area (Å²) in [5, 5.41) is 12.4. The lowest BCUT2D eigenvalue weighted by molar-refractivity contribution is 0.888. The average molecular weight is 265 g/mol. The van der Waals surface area contributed by atoms with E-state index in [0.717, 1.165) is 11.3 Å². The number of pyridine rings is 1. The number of aryl methyl sites for hydroxylation is 2. The van der Waals surface area contributed by atoms with Crippen molar-refractivity contribution in [2.75, 3.05) is 5.32 Å². The molecule has 1 N–H and O–H groups in total. The predicted octanol–water partition coefficient (Wildman–Crippen LogP) is 4.06. The first-order chi connectivity index (χ1) is 9.51. The molecular weight excluding hydrogens is 246 g/mol. The number of aromatic nitrogens is 1. The van der Waals surface area contributed by atoms with E-state index in [-0.39, 0.29) is 6.04 Å². The van der Waals surface area contributed by atoms with E-state index < -0.39 is 0 Å². The minimum atomic E-state index is 0.240. The van der Waals surface area contributed by atoms with E-state index in [0.29, 0.717) is 11.4 Å². The van der Waals surface area contributed by atoms with Gasteiger partial charge in [-0.2, -0.15) is 5.26 Å². The second kappa shape index (κ2) is 5.75. The summed E-state index contributed by atoms with van der Waals surface area (Å²) >= 11 is 0. The van der Waals surface area contributed by atoms with Crippen LogP contribution in [-0.2, 0) is 0 Å². The van der Waals surface area contributed by atoms with E-state index in [2.05, 4.69) is 48.4 Å². The Kier molecular flexibility index (Phi) is 4.05. The molecule has 1 heterocycles. The lowest BCUT2D eigenvalue weighted by Crippen LogP contribution is -2.12. The quantitative estimate of drug-likeness (QED) is 0.910. The van der Waals surface area contributed by atoms with Crippen LogP contribution in [0.5, 0.6) is 0 Å². The standard InChI is InChI=1S/C17H19N3/c1-11(2)19-17-15(10-18)7-8-16(20-17)14-6-5-12(3)13(4)9-14/h5-9,11H,1-4H3,(H,19,20). The lowest BCUT2D eigenvalue weighted by Gasteiger charge is -2.12. The van der Waals surface area contributed by atoms with Gasteiger partial charge in [0.25, 0.3) is 0 Å². The first-order valence-corrected chi connectivity index (χ1v) is 6.76. The van der Waals surface area contributed by atoms with E-state index >= 15 is 0 Å². The van der Waals surface area contributed by atoms with Gasteiger partial charge in [-0.3, -0.25) is 0 Å². The van der Waals surface area contributed by atoms with Crippen molar-refractivity contribution in [2.45, 2.75) is 33.7 Å². The Morgan fingerprint density at radius 3 is 2.45 bits per heavy atom. The van der Waals surface area contributed by atoms with Crippen molar-refractivity contribution in [3.63, 3.8) is 0 Å². The number of nitriles is 1. The van der Waals surface area contributed by atoms with Gasteiger partial charge in [-0.15, -0.1) is 0 Å². The maximum Gasteiger partial charge on any atom is 0.144 e. The molecule has 0 fully saturated rings. The van der Waals surface area contributed by atoms with Gasteiger partial charge in [0.1, 0.15) is 11.9 Å². The molecule has 3 heteroatoms. The predicted molar refractivity (Wildman–Crippen MR) is 82.6 cm³/mol. The molecular formula is C17H19N3. The van der Waals surface area contributed by atoms with Crippen molar-refractivity contribution in [1.82, 2.24) is 4.98 Å². The highest BCUT2D eigenvalue weighted by Crippen LogP contribution is 2.24. The van der Waals surface area contributed by atoms with Crippen molar-refractivity contribution in [3.05, 3.63) is 47.0 Å². The molecule has 102 valence electrons. The van der Waals surface area contributed by atoms with Gasteiger partial charge in [0.2, 0.25) is 0 Å². The number of nitrogens with one attached hydrogen (secondary N) is 1. The molecule has 1 aromatic carbocycles. The van der Waals surface area contributed by atoms with Crippen molar-refractivity contribution in [2.24, 2.45) is 0 Å². The average Bonchev–Trinajstić information content (AvgIpc) is 2.41. The zero-order valence-electron chi connectivity index (χ0n) is 12.4. The summed E-state index contributed by atoms with van der Waals surface area (Å²) in [4.78, 5) is 4.59. The van der Waals surface area contributed by atoms with Crippen LogP contribution in [0.25, 0.3) is 11.3 Å². The monoisotopic (exact) mass is 265 g/mol. The molecule has 0 aliphatic heterocycles. The summed E-state index contributed by atoms with van der Waals surface area (Å²) in [7, 11) is 0. The molecule has 0 saturated carbocycles. The molecule has 0 unspecified atom stereocenters. The second-order valence-electron chi connectivity index (χ2n) is 5.30. The fourth-order valence-electron chi connectivity index (χ4n) is 1.99. The third-order valence-electron chi connectivity index (χ3n) is 3.24. The topological polar surface area (TPSA) is 48.7 Å². The Labute approximate surface area is 120 Å². The molecule has 0 aliphatic carbocycles. The van der Waals surface area contributed by atoms with Crippen LogP contribution in [-0.4, -0.2) is 11.0 Å². The van der Waals surface area contributed by atoms with Crippen LogP contribution in [0.1, 0.15) is 30.5 Å². The van der Waals surface area contributed by atoms with Gasteiger partial charge in [0.05, 0.1) is 11.3 Å². The Morgan fingerprint density at radius 2 is 1.85 bits per heavy atom. The van der Waals surface area contributed by atoms with Crippen molar-refractivity contribution >= 4 is 5.82 Å². The van der Waals surface area contributed by atoms with E-state index in [9.17, 15) is 0 Å². The van der Waals surface area contributed by atoms with Gasteiger partial charge in [-0.05, 0) is 57.0 Å². The van der Waals surface area contributed by atoms with E-state index in [4.69, 9.17) is 5.26 Å². The number of anilines is 1. The zero-order chi connectivity index (χ0) is 14.7. The van der Waals surface area contributed by atoms with Gasteiger partial charge >= 0.3 is 0 Å². The number of benzene rings is 1. The Balaban J connectivity index is 2.47. The molecule has 1 aromatic heterocycles. The highest BCUT2D eigenvalue weighted by molar-refractivity contribution is 5.66. The van der Waals surface area contributed by atoms with Crippen LogP contribution in [0.15, 0.2) is 30.3 Å². The summed E-state index contributed by atoms with van der Waals surface area (Å²) in [6.45, 7) is 8.25. The molecule has 0 radical (unpaired) electrons. The van der Waals surface area contributed by atoms with Crippen LogP contribution < -0.4 is 5.32 Å². The second-order valence-corrected chi connectivity index (χ2v) is 5.30. The van der Waals surface area contributed by atoms with E-state index in [1.807, 2.05) is 26.0 Å². The van der Waals surface area contributed by atoms with Gasteiger partial charge in [0.15, 0.2) is 0 Å². The molecule has 0 amide bonds. The summed E-state index contributed by atoms with van der Waals surface area (Å²) in [5.74, 6) is 0.651. The first kappa shape index (κ1) is 14.1. The number of rotatable bonds is 3. The third-order valence-corrected chi connectivity index (χ3v) is 3.24. The van der Waals surface area contributed by atoms with Crippen LogP contribution in [0, 0.1) is 25.2 Å². The summed E-state index contributed by atoms with van der Waals surface area (Å²) < 4.78 is 0. The number of hydrogen-bond donors (Lipinski definition) is 1.